The first-order valence-electron chi connectivity index (χ1n) is 7.89. The Morgan fingerprint density at radius 2 is 1.92 bits per heavy atom. The highest BCUT2D eigenvalue weighted by molar-refractivity contribution is 6.02. The van der Waals surface area contributed by atoms with E-state index in [4.69, 9.17) is 10.5 Å². The smallest absolute Gasteiger partial charge is 0.251 e. The molecule has 0 aliphatic carbocycles. The van der Waals surface area contributed by atoms with Gasteiger partial charge in [-0.05, 0) is 37.3 Å². The number of benzene rings is 2. The largest absolute Gasteiger partial charge is 0.497 e. The molecule has 2 aromatic carbocycles. The number of nitrogens with two attached hydrogens (primary N) is 1. The van der Waals surface area contributed by atoms with Gasteiger partial charge in [-0.2, -0.15) is 0 Å². The van der Waals surface area contributed by atoms with E-state index in [1.165, 1.54) is 0 Å². The van der Waals surface area contributed by atoms with E-state index < -0.39 is 0 Å². The lowest BCUT2D eigenvalue weighted by atomic mass is 10.1. The van der Waals surface area contributed by atoms with Crippen molar-refractivity contribution in [2.75, 3.05) is 19.9 Å². The van der Waals surface area contributed by atoms with Gasteiger partial charge in [-0.25, -0.2) is 0 Å². The fraction of sp³-hybridized carbons (Fsp3) is 0.211. The number of hydrogen-bond donors (Lipinski definition) is 2. The van der Waals surface area contributed by atoms with Crippen LogP contribution >= 0.6 is 0 Å². The van der Waals surface area contributed by atoms with Crippen LogP contribution < -0.4 is 15.8 Å². The second-order valence-corrected chi connectivity index (χ2v) is 5.55. The molecule has 0 spiro atoms. The van der Waals surface area contributed by atoms with Crippen molar-refractivity contribution >= 4 is 22.5 Å². The number of nitrogen functional groups attached to an aromatic ring is 1. The summed E-state index contributed by atoms with van der Waals surface area (Å²) >= 11 is 0. The van der Waals surface area contributed by atoms with Crippen LogP contribution in [0.15, 0.2) is 42.5 Å². The second-order valence-electron chi connectivity index (χ2n) is 5.55. The Morgan fingerprint density at radius 1 is 1.21 bits per heavy atom. The molecule has 0 radical (unpaired) electrons. The van der Waals surface area contributed by atoms with Crippen molar-refractivity contribution in [3.05, 3.63) is 48.0 Å². The number of nitrogens with one attached hydrogen (secondary N) is 1. The summed E-state index contributed by atoms with van der Waals surface area (Å²) < 4.78 is 7.49. The van der Waals surface area contributed by atoms with E-state index in [1.54, 1.807) is 14.2 Å². The molecule has 1 aromatic heterocycles. The number of nitrogens with zero attached hydrogens (tertiary/aromatic N) is 1. The molecule has 24 heavy (non-hydrogen) atoms. The first kappa shape index (κ1) is 15.9. The molecule has 0 aliphatic heterocycles. The number of amides is 1. The summed E-state index contributed by atoms with van der Waals surface area (Å²) in [7, 11) is 3.27. The summed E-state index contributed by atoms with van der Waals surface area (Å²) in [6, 6.07) is 13.4. The first-order valence-corrected chi connectivity index (χ1v) is 7.89. The molecule has 1 amide bonds. The lowest BCUT2D eigenvalue weighted by Crippen LogP contribution is -2.17. The maximum absolute atomic E-state index is 11.7. The normalized spacial score (nSPS) is 10.8. The molecule has 0 aliphatic rings. The number of hydrogen-bond acceptors (Lipinski definition) is 3. The average molecular weight is 323 g/mol. The van der Waals surface area contributed by atoms with Crippen LogP contribution in [0.4, 0.5) is 5.69 Å². The molecule has 0 saturated carbocycles. The summed E-state index contributed by atoms with van der Waals surface area (Å²) in [4.78, 5) is 11.7. The van der Waals surface area contributed by atoms with Crippen molar-refractivity contribution in [2.24, 2.45) is 0 Å². The van der Waals surface area contributed by atoms with Crippen LogP contribution in [-0.4, -0.2) is 24.6 Å². The predicted octanol–water partition coefficient (Wildman–Crippen LogP) is 3.28. The van der Waals surface area contributed by atoms with Crippen LogP contribution in [0, 0.1) is 0 Å². The summed E-state index contributed by atoms with van der Waals surface area (Å²) in [5, 5.41) is 3.60. The number of aromatic nitrogens is 1. The number of carbonyl (C=O) groups excluding carboxylic acids is 1. The van der Waals surface area contributed by atoms with Crippen LogP contribution in [0.25, 0.3) is 22.2 Å². The van der Waals surface area contributed by atoms with Crippen molar-refractivity contribution in [1.29, 1.82) is 0 Å². The fourth-order valence-electron chi connectivity index (χ4n) is 3.05. The Hall–Kier alpha value is -2.95. The van der Waals surface area contributed by atoms with Crippen LogP contribution in [0.1, 0.15) is 17.3 Å². The van der Waals surface area contributed by atoms with E-state index in [2.05, 4.69) is 16.8 Å². The number of anilines is 1. The molecule has 0 unspecified atom stereocenters. The van der Waals surface area contributed by atoms with E-state index in [9.17, 15) is 4.79 Å². The van der Waals surface area contributed by atoms with Crippen molar-refractivity contribution in [1.82, 2.24) is 9.88 Å². The third kappa shape index (κ3) is 2.48. The van der Waals surface area contributed by atoms with Gasteiger partial charge in [0.15, 0.2) is 0 Å². The van der Waals surface area contributed by atoms with Crippen molar-refractivity contribution < 1.29 is 9.53 Å². The van der Waals surface area contributed by atoms with E-state index in [0.717, 1.165) is 40.1 Å². The van der Waals surface area contributed by atoms with Gasteiger partial charge in [-0.15, -0.1) is 0 Å². The fourth-order valence-corrected chi connectivity index (χ4v) is 3.05. The van der Waals surface area contributed by atoms with E-state index >= 15 is 0 Å². The van der Waals surface area contributed by atoms with Crippen molar-refractivity contribution in [3.63, 3.8) is 0 Å². The lowest BCUT2D eigenvalue weighted by Gasteiger charge is -2.10. The Morgan fingerprint density at radius 3 is 2.50 bits per heavy atom. The van der Waals surface area contributed by atoms with E-state index in [-0.39, 0.29) is 5.91 Å². The second kappa shape index (κ2) is 6.28. The zero-order chi connectivity index (χ0) is 17.3. The molecule has 0 atom stereocenters. The van der Waals surface area contributed by atoms with Gasteiger partial charge in [0, 0.05) is 30.1 Å². The third-order valence-electron chi connectivity index (χ3n) is 4.27. The zero-order valence-corrected chi connectivity index (χ0v) is 14.1. The van der Waals surface area contributed by atoms with E-state index in [0.29, 0.717) is 5.56 Å². The Balaban J connectivity index is 2.18. The van der Waals surface area contributed by atoms with E-state index in [1.807, 2.05) is 42.5 Å². The number of ether oxygens (including phenoxy) is 1. The standard InChI is InChI=1S/C19H21N3O2/c1-4-22-16-10-9-14(24-3)11-15(16)17(20)18(22)12-5-7-13(8-6-12)19(23)21-2/h5-11H,4,20H2,1-3H3,(H,21,23). The molecule has 0 bridgehead atoms. The van der Waals surface area contributed by atoms with Crippen LogP contribution in [0.2, 0.25) is 0 Å². The van der Waals surface area contributed by atoms with Crippen LogP contribution in [0.3, 0.4) is 0 Å². The Kier molecular flexibility index (Phi) is 4.16. The van der Waals surface area contributed by atoms with Gasteiger partial charge in [0.25, 0.3) is 5.91 Å². The molecule has 3 N–H and O–H groups in total. The number of rotatable bonds is 4. The van der Waals surface area contributed by atoms with Gasteiger partial charge >= 0.3 is 0 Å². The van der Waals surface area contributed by atoms with Crippen molar-refractivity contribution in [3.8, 4) is 17.0 Å². The number of methoxy groups -OCH3 is 1. The van der Waals surface area contributed by atoms with Gasteiger partial charge in [-0.1, -0.05) is 12.1 Å². The van der Waals surface area contributed by atoms with Crippen LogP contribution in [0.5, 0.6) is 5.75 Å². The zero-order valence-electron chi connectivity index (χ0n) is 14.1. The van der Waals surface area contributed by atoms with Gasteiger partial charge in [0.05, 0.1) is 24.0 Å². The van der Waals surface area contributed by atoms with Gasteiger partial charge in [0.2, 0.25) is 0 Å². The monoisotopic (exact) mass is 323 g/mol. The molecular formula is C19H21N3O2. The summed E-state index contributed by atoms with van der Waals surface area (Å²) in [6.07, 6.45) is 0. The SMILES string of the molecule is CCn1c(-c2ccc(C(=O)NC)cc2)c(N)c2cc(OC)ccc21. The third-order valence-corrected chi connectivity index (χ3v) is 4.27. The number of carbonyl (C=O) groups is 1. The molecule has 5 heteroatoms. The molecule has 0 saturated heterocycles. The van der Waals surface area contributed by atoms with Crippen LogP contribution in [-0.2, 0) is 6.54 Å². The molecule has 124 valence electrons. The van der Waals surface area contributed by atoms with Crippen molar-refractivity contribution in [2.45, 2.75) is 13.5 Å². The molecule has 3 rings (SSSR count). The summed E-state index contributed by atoms with van der Waals surface area (Å²) in [6.45, 7) is 2.89. The highest BCUT2D eigenvalue weighted by atomic mass is 16.5. The van der Waals surface area contributed by atoms with Gasteiger partial charge < -0.3 is 20.4 Å². The topological polar surface area (TPSA) is 69.3 Å². The Labute approximate surface area is 141 Å². The maximum Gasteiger partial charge on any atom is 0.251 e. The van der Waals surface area contributed by atoms with Gasteiger partial charge in [-0.3, -0.25) is 4.79 Å². The molecule has 1 heterocycles. The molecular weight excluding hydrogens is 302 g/mol. The highest BCUT2D eigenvalue weighted by Gasteiger charge is 2.16. The molecule has 5 nitrogen and oxygen atoms in total. The van der Waals surface area contributed by atoms with Gasteiger partial charge in [0.1, 0.15) is 5.75 Å². The number of aryl methyl sites for hydroxylation is 1. The summed E-state index contributed by atoms with van der Waals surface area (Å²) in [5.74, 6) is 0.680. The quantitative estimate of drug-likeness (QED) is 0.774. The minimum atomic E-state index is -0.102. The lowest BCUT2D eigenvalue weighted by molar-refractivity contribution is 0.0963. The maximum atomic E-state index is 11.7. The first-order chi connectivity index (χ1) is 11.6. The predicted molar refractivity (Wildman–Crippen MR) is 97.4 cm³/mol. The highest BCUT2D eigenvalue weighted by Crippen LogP contribution is 2.37. The molecule has 0 fully saturated rings. The summed E-state index contributed by atoms with van der Waals surface area (Å²) in [5.41, 5.74) is 10.8. The average Bonchev–Trinajstić information content (AvgIpc) is 2.92. The minimum absolute atomic E-state index is 0.102. The minimum Gasteiger partial charge on any atom is -0.497 e. The molecule has 3 aromatic rings. The number of fused-ring (bicyclic) bond motifs is 1. The Bertz CT molecular complexity index is 895.